The number of benzene rings is 1. The second kappa shape index (κ2) is 6.71. The quantitative estimate of drug-likeness (QED) is 0.513. The van der Waals surface area contributed by atoms with Gasteiger partial charge in [-0.2, -0.15) is 0 Å². The summed E-state index contributed by atoms with van der Waals surface area (Å²) >= 11 is 0. The maximum atomic E-state index is 11.9. The van der Waals surface area contributed by atoms with Gasteiger partial charge in [-0.15, -0.1) is 0 Å². The van der Waals surface area contributed by atoms with Gasteiger partial charge in [-0.05, 0) is 13.8 Å². The number of carbonyl (C=O) groups excluding carboxylic acids is 1. The van der Waals surface area contributed by atoms with Crippen LogP contribution < -0.4 is 5.56 Å². The Morgan fingerprint density at radius 1 is 1.32 bits per heavy atom. The Balaban J connectivity index is 2.56. The minimum absolute atomic E-state index is 0.0233. The van der Waals surface area contributed by atoms with Crippen LogP contribution in [0.1, 0.15) is 19.7 Å². The molecule has 0 saturated carbocycles. The van der Waals surface area contributed by atoms with Crippen LogP contribution in [0.5, 0.6) is 0 Å². The molecule has 2 aromatic rings. The summed E-state index contributed by atoms with van der Waals surface area (Å²) in [6.45, 7) is 3.14. The summed E-state index contributed by atoms with van der Waals surface area (Å²) in [6, 6.07) is 10.4. The predicted octanol–water partition coefficient (Wildman–Crippen LogP) is 2.29. The zero-order valence-corrected chi connectivity index (χ0v) is 12.3. The van der Waals surface area contributed by atoms with Crippen molar-refractivity contribution in [2.75, 3.05) is 6.61 Å². The number of nitrogens with one attached hydrogen (secondary N) is 1. The van der Waals surface area contributed by atoms with E-state index in [-0.39, 0.29) is 23.8 Å². The number of carbonyl (C=O) groups is 1. The monoisotopic (exact) mass is 300 g/mol. The van der Waals surface area contributed by atoms with E-state index in [1.165, 1.54) is 13.0 Å². The van der Waals surface area contributed by atoms with Crippen molar-refractivity contribution in [1.82, 2.24) is 9.97 Å². The van der Waals surface area contributed by atoms with Crippen LogP contribution in [0.2, 0.25) is 0 Å². The summed E-state index contributed by atoms with van der Waals surface area (Å²) in [5, 5.41) is 9.73. The minimum atomic E-state index is -0.740. The molecule has 0 aliphatic carbocycles. The largest absolute Gasteiger partial charge is 0.512 e. The molecule has 1 heterocycles. The van der Waals surface area contributed by atoms with Crippen LogP contribution >= 0.6 is 0 Å². The molecular formula is C16H16N2O4. The van der Waals surface area contributed by atoms with Gasteiger partial charge < -0.3 is 14.8 Å². The zero-order valence-electron chi connectivity index (χ0n) is 12.3. The predicted molar refractivity (Wildman–Crippen MR) is 82.1 cm³/mol. The van der Waals surface area contributed by atoms with Crippen LogP contribution in [0.4, 0.5) is 0 Å². The molecule has 0 saturated heterocycles. The summed E-state index contributed by atoms with van der Waals surface area (Å²) in [6.07, 6.45) is 0. The summed E-state index contributed by atoms with van der Waals surface area (Å²) in [5.41, 5.74) is 0.555. The van der Waals surface area contributed by atoms with Crippen molar-refractivity contribution < 1.29 is 14.6 Å². The number of aromatic amines is 1. The molecule has 2 N–H and O–H groups in total. The molecule has 1 aromatic heterocycles. The molecule has 0 unspecified atom stereocenters. The van der Waals surface area contributed by atoms with Crippen molar-refractivity contribution in [2.24, 2.45) is 0 Å². The highest BCUT2D eigenvalue weighted by atomic mass is 16.5. The SMILES string of the molecule is CCOC(=O)/C(=C(/C)O)c1nc(-c2ccccc2)cc(=O)[nH]1. The number of H-pyrrole nitrogens is 1. The Kier molecular flexibility index (Phi) is 4.73. The first kappa shape index (κ1) is 15.5. The van der Waals surface area contributed by atoms with Gasteiger partial charge in [-0.25, -0.2) is 9.78 Å². The Hall–Kier alpha value is -2.89. The molecule has 22 heavy (non-hydrogen) atoms. The van der Waals surface area contributed by atoms with E-state index < -0.39 is 11.5 Å². The van der Waals surface area contributed by atoms with Gasteiger partial charge >= 0.3 is 5.97 Å². The average molecular weight is 300 g/mol. The van der Waals surface area contributed by atoms with Gasteiger partial charge in [0.25, 0.3) is 5.56 Å². The molecule has 0 atom stereocenters. The lowest BCUT2D eigenvalue weighted by molar-refractivity contribution is -0.136. The third kappa shape index (κ3) is 3.41. The summed E-state index contributed by atoms with van der Waals surface area (Å²) in [7, 11) is 0. The second-order valence-corrected chi connectivity index (χ2v) is 4.53. The molecule has 0 radical (unpaired) electrons. The maximum Gasteiger partial charge on any atom is 0.345 e. The van der Waals surface area contributed by atoms with Gasteiger partial charge in [-0.1, -0.05) is 30.3 Å². The van der Waals surface area contributed by atoms with E-state index in [1.807, 2.05) is 18.2 Å². The van der Waals surface area contributed by atoms with E-state index in [2.05, 4.69) is 9.97 Å². The third-order valence-electron chi connectivity index (χ3n) is 2.89. The molecule has 0 spiro atoms. The van der Waals surface area contributed by atoms with Gasteiger partial charge in [0.1, 0.15) is 11.3 Å². The average Bonchev–Trinajstić information content (AvgIpc) is 2.47. The summed E-state index contributed by atoms with van der Waals surface area (Å²) in [4.78, 5) is 30.5. The van der Waals surface area contributed by atoms with E-state index in [0.717, 1.165) is 5.56 Å². The van der Waals surface area contributed by atoms with Crippen LogP contribution in [-0.2, 0) is 9.53 Å². The smallest absolute Gasteiger partial charge is 0.345 e. The Morgan fingerprint density at radius 3 is 2.59 bits per heavy atom. The van der Waals surface area contributed by atoms with Gasteiger partial charge in [0.05, 0.1) is 12.3 Å². The number of aliphatic hydroxyl groups excluding tert-OH is 1. The molecule has 2 rings (SSSR count). The number of rotatable bonds is 4. The highest BCUT2D eigenvalue weighted by molar-refractivity contribution is 6.15. The molecule has 6 heteroatoms. The molecule has 0 fully saturated rings. The fourth-order valence-corrected chi connectivity index (χ4v) is 1.95. The first-order valence-electron chi connectivity index (χ1n) is 6.77. The number of hydrogen-bond acceptors (Lipinski definition) is 5. The zero-order chi connectivity index (χ0) is 16.1. The third-order valence-corrected chi connectivity index (χ3v) is 2.89. The lowest BCUT2D eigenvalue weighted by Crippen LogP contribution is -2.17. The fraction of sp³-hybridized carbons (Fsp3) is 0.188. The van der Waals surface area contributed by atoms with Crippen molar-refractivity contribution in [3.63, 3.8) is 0 Å². The van der Waals surface area contributed by atoms with Crippen molar-refractivity contribution in [2.45, 2.75) is 13.8 Å². The van der Waals surface area contributed by atoms with E-state index in [0.29, 0.717) is 5.69 Å². The number of nitrogens with zero attached hydrogens (tertiary/aromatic N) is 1. The van der Waals surface area contributed by atoms with Crippen LogP contribution in [0.25, 0.3) is 16.8 Å². The second-order valence-electron chi connectivity index (χ2n) is 4.53. The number of ether oxygens (including phenoxy) is 1. The van der Waals surface area contributed by atoms with Crippen LogP contribution in [0.15, 0.2) is 47.0 Å². The van der Waals surface area contributed by atoms with E-state index in [4.69, 9.17) is 4.74 Å². The van der Waals surface area contributed by atoms with Gasteiger partial charge in [0.2, 0.25) is 0 Å². The molecular weight excluding hydrogens is 284 g/mol. The van der Waals surface area contributed by atoms with Crippen LogP contribution in [0.3, 0.4) is 0 Å². The highest BCUT2D eigenvalue weighted by Gasteiger charge is 2.20. The molecule has 6 nitrogen and oxygen atoms in total. The lowest BCUT2D eigenvalue weighted by Gasteiger charge is -2.09. The normalized spacial score (nSPS) is 11.7. The molecule has 114 valence electrons. The topological polar surface area (TPSA) is 92.3 Å². The van der Waals surface area contributed by atoms with Crippen LogP contribution in [-0.4, -0.2) is 27.7 Å². The number of esters is 1. The molecule has 0 aliphatic rings. The number of hydrogen-bond donors (Lipinski definition) is 2. The molecule has 0 amide bonds. The number of aliphatic hydroxyl groups is 1. The lowest BCUT2D eigenvalue weighted by atomic mass is 10.1. The van der Waals surface area contributed by atoms with E-state index >= 15 is 0 Å². The van der Waals surface area contributed by atoms with E-state index in [1.54, 1.807) is 19.1 Å². The van der Waals surface area contributed by atoms with Crippen LogP contribution in [0, 0.1) is 0 Å². The molecule has 0 aliphatic heterocycles. The van der Waals surface area contributed by atoms with Crippen molar-refractivity contribution >= 4 is 11.5 Å². The molecule has 1 aromatic carbocycles. The number of aromatic nitrogens is 2. The first-order valence-corrected chi connectivity index (χ1v) is 6.77. The Morgan fingerprint density at radius 2 is 2.00 bits per heavy atom. The number of allylic oxidation sites excluding steroid dienone is 1. The molecule has 0 bridgehead atoms. The fourth-order valence-electron chi connectivity index (χ4n) is 1.95. The standard InChI is InChI=1S/C16H16N2O4/c1-3-22-16(21)14(10(2)19)15-17-12(9-13(20)18-15)11-7-5-4-6-8-11/h4-9,19H,3H2,1-2H3,(H,17,18,20)/b14-10-. The summed E-state index contributed by atoms with van der Waals surface area (Å²) < 4.78 is 4.89. The van der Waals surface area contributed by atoms with Gasteiger partial charge in [0, 0.05) is 11.6 Å². The van der Waals surface area contributed by atoms with Gasteiger partial charge in [-0.3, -0.25) is 4.79 Å². The van der Waals surface area contributed by atoms with Crippen molar-refractivity contribution in [3.8, 4) is 11.3 Å². The van der Waals surface area contributed by atoms with Crippen molar-refractivity contribution in [1.29, 1.82) is 0 Å². The Labute approximate surface area is 127 Å². The Bertz CT molecular complexity index is 759. The first-order chi connectivity index (χ1) is 10.5. The minimum Gasteiger partial charge on any atom is -0.512 e. The van der Waals surface area contributed by atoms with Crippen molar-refractivity contribution in [3.05, 3.63) is 58.3 Å². The summed E-state index contributed by atoms with van der Waals surface area (Å²) in [5.74, 6) is -1.03. The maximum absolute atomic E-state index is 11.9. The van der Waals surface area contributed by atoms with E-state index in [9.17, 15) is 14.7 Å². The van der Waals surface area contributed by atoms with Gasteiger partial charge in [0.15, 0.2) is 5.82 Å². The highest BCUT2D eigenvalue weighted by Crippen LogP contribution is 2.19.